The van der Waals surface area contributed by atoms with Gasteiger partial charge in [-0.25, -0.2) is 4.79 Å². The van der Waals surface area contributed by atoms with Gasteiger partial charge in [0.25, 0.3) is 5.91 Å². The zero-order valence-corrected chi connectivity index (χ0v) is 16.8. The van der Waals surface area contributed by atoms with Gasteiger partial charge in [-0.1, -0.05) is 47.0 Å². The van der Waals surface area contributed by atoms with Crippen molar-refractivity contribution in [3.05, 3.63) is 65.2 Å². The molecule has 1 atom stereocenters. The lowest BCUT2D eigenvalue weighted by Crippen LogP contribution is -2.35. The maximum atomic E-state index is 12.1. The quantitative estimate of drug-likeness (QED) is 0.453. The highest BCUT2D eigenvalue weighted by Crippen LogP contribution is 2.21. The molecule has 1 aromatic heterocycles. The third-order valence-corrected chi connectivity index (χ3v) is 4.27. The number of urea groups is 1. The number of carbonyl (C=O) groups is 3. The molecule has 0 bridgehead atoms. The van der Waals surface area contributed by atoms with Crippen molar-refractivity contribution in [2.24, 2.45) is 5.73 Å². The number of nitrogens with zero attached hydrogens (tertiary/aromatic N) is 2. The number of hydrogen-bond donors (Lipinski definition) is 3. The summed E-state index contributed by atoms with van der Waals surface area (Å²) in [4.78, 5) is 35.4. The first kappa shape index (κ1) is 21.8. The molecule has 0 radical (unpaired) electrons. The van der Waals surface area contributed by atoms with Crippen LogP contribution in [0.15, 0.2) is 59.0 Å². The van der Waals surface area contributed by atoms with E-state index in [1.165, 1.54) is 0 Å². The van der Waals surface area contributed by atoms with Crippen molar-refractivity contribution >= 4 is 35.5 Å². The molecule has 11 heteroatoms. The van der Waals surface area contributed by atoms with Crippen LogP contribution in [0.1, 0.15) is 18.0 Å². The van der Waals surface area contributed by atoms with Crippen molar-refractivity contribution < 1.29 is 23.5 Å². The van der Waals surface area contributed by atoms with Crippen molar-refractivity contribution in [2.45, 2.75) is 12.5 Å². The van der Waals surface area contributed by atoms with Gasteiger partial charge in [0.15, 0.2) is 6.61 Å². The monoisotopic (exact) mass is 443 g/mol. The summed E-state index contributed by atoms with van der Waals surface area (Å²) in [6.45, 7) is -0.578. The second-order valence-electron chi connectivity index (χ2n) is 6.30. The van der Waals surface area contributed by atoms with Gasteiger partial charge in [-0.3, -0.25) is 14.9 Å². The van der Waals surface area contributed by atoms with E-state index in [0.29, 0.717) is 16.1 Å². The summed E-state index contributed by atoms with van der Waals surface area (Å²) < 4.78 is 10.3. The van der Waals surface area contributed by atoms with E-state index in [-0.39, 0.29) is 18.3 Å². The number of ether oxygens (including phenoxy) is 1. The topological polar surface area (TPSA) is 149 Å². The van der Waals surface area contributed by atoms with Gasteiger partial charge in [-0.15, -0.1) is 5.10 Å². The van der Waals surface area contributed by atoms with E-state index in [0.717, 1.165) is 0 Å². The maximum absolute atomic E-state index is 12.1. The number of esters is 1. The first-order valence-electron chi connectivity index (χ1n) is 9.06. The molecule has 2 aromatic carbocycles. The molecule has 3 amide bonds. The van der Waals surface area contributed by atoms with E-state index in [1.54, 1.807) is 36.4 Å². The van der Waals surface area contributed by atoms with Crippen LogP contribution >= 0.6 is 11.6 Å². The fraction of sp³-hybridized carbons (Fsp3) is 0.150. The van der Waals surface area contributed by atoms with Gasteiger partial charge < -0.3 is 20.2 Å². The fourth-order valence-electron chi connectivity index (χ4n) is 2.62. The second-order valence-corrected chi connectivity index (χ2v) is 6.74. The Balaban J connectivity index is 1.52. The van der Waals surface area contributed by atoms with E-state index in [9.17, 15) is 14.4 Å². The molecule has 3 aromatic rings. The minimum atomic E-state index is -0.809. The first-order chi connectivity index (χ1) is 14.9. The van der Waals surface area contributed by atoms with Crippen LogP contribution in [0.25, 0.3) is 11.5 Å². The predicted molar refractivity (Wildman–Crippen MR) is 111 cm³/mol. The Bertz CT molecular complexity index is 1060. The summed E-state index contributed by atoms with van der Waals surface area (Å²) in [5, 5.41) is 12.9. The largest absolute Gasteiger partial charge is 0.455 e. The molecule has 0 aliphatic carbocycles. The fourth-order valence-corrected chi connectivity index (χ4v) is 2.74. The Morgan fingerprint density at radius 1 is 1.06 bits per heavy atom. The Labute approximate surface area is 181 Å². The Kier molecular flexibility index (Phi) is 7.17. The number of hydrogen-bond acceptors (Lipinski definition) is 7. The van der Waals surface area contributed by atoms with E-state index >= 15 is 0 Å². The molecule has 160 valence electrons. The number of anilines is 1. The lowest BCUT2D eigenvalue weighted by molar-refractivity contribution is -0.147. The number of rotatable bonds is 8. The van der Waals surface area contributed by atoms with Crippen LogP contribution in [-0.2, 0) is 14.3 Å². The van der Waals surface area contributed by atoms with Gasteiger partial charge in [0, 0.05) is 10.6 Å². The summed E-state index contributed by atoms with van der Waals surface area (Å²) in [7, 11) is 0. The van der Waals surface area contributed by atoms with Gasteiger partial charge in [-0.2, -0.15) is 0 Å². The van der Waals surface area contributed by atoms with Crippen LogP contribution in [0.4, 0.5) is 10.8 Å². The number of nitrogens with one attached hydrogen (secondary N) is 2. The number of carbonyl (C=O) groups excluding carboxylic acids is 3. The van der Waals surface area contributed by atoms with Gasteiger partial charge in [0.05, 0.1) is 12.5 Å². The van der Waals surface area contributed by atoms with Crippen LogP contribution in [0.5, 0.6) is 0 Å². The molecule has 0 aliphatic heterocycles. The lowest BCUT2D eigenvalue weighted by atomic mass is 10.0. The van der Waals surface area contributed by atoms with E-state index in [2.05, 4.69) is 20.8 Å². The zero-order valence-electron chi connectivity index (χ0n) is 16.1. The van der Waals surface area contributed by atoms with Crippen LogP contribution in [0.2, 0.25) is 5.02 Å². The predicted octanol–water partition coefficient (Wildman–Crippen LogP) is 2.67. The average molecular weight is 444 g/mol. The summed E-state index contributed by atoms with van der Waals surface area (Å²) in [5.41, 5.74) is 6.47. The molecular formula is C20H18ClN5O5. The molecule has 31 heavy (non-hydrogen) atoms. The zero-order chi connectivity index (χ0) is 22.2. The van der Waals surface area contributed by atoms with Crippen LogP contribution in [0.3, 0.4) is 0 Å². The third kappa shape index (κ3) is 6.54. The van der Waals surface area contributed by atoms with Gasteiger partial charge in [0.1, 0.15) is 0 Å². The Morgan fingerprint density at radius 3 is 2.45 bits per heavy atom. The van der Waals surface area contributed by atoms with Crippen molar-refractivity contribution in [1.82, 2.24) is 15.5 Å². The highest BCUT2D eigenvalue weighted by molar-refractivity contribution is 6.30. The normalized spacial score (nSPS) is 11.4. The van der Waals surface area contributed by atoms with Crippen molar-refractivity contribution in [2.75, 3.05) is 11.9 Å². The molecule has 10 nitrogen and oxygen atoms in total. The number of nitrogens with two attached hydrogens (primary N) is 1. The minimum absolute atomic E-state index is 0.130. The summed E-state index contributed by atoms with van der Waals surface area (Å²) in [6, 6.07) is 13.8. The summed E-state index contributed by atoms with van der Waals surface area (Å²) in [5.74, 6) is -1.15. The lowest BCUT2D eigenvalue weighted by Gasteiger charge is -2.17. The summed E-state index contributed by atoms with van der Waals surface area (Å²) in [6.07, 6.45) is -0.240. The van der Waals surface area contributed by atoms with Crippen molar-refractivity contribution in [3.63, 3.8) is 0 Å². The SMILES string of the molecule is NC(=O)N[C@H](CC(=O)OCC(=O)Nc1nnc(-c2ccccc2)o1)c1ccc(Cl)cc1. The number of aromatic nitrogens is 2. The molecule has 0 spiro atoms. The van der Waals surface area contributed by atoms with Crippen LogP contribution < -0.4 is 16.4 Å². The molecule has 0 saturated heterocycles. The maximum Gasteiger partial charge on any atom is 0.322 e. The van der Waals surface area contributed by atoms with Gasteiger partial charge in [0.2, 0.25) is 5.89 Å². The Hall–Kier alpha value is -3.92. The average Bonchev–Trinajstić information content (AvgIpc) is 3.21. The minimum Gasteiger partial charge on any atom is -0.455 e. The number of primary amides is 1. The van der Waals surface area contributed by atoms with Crippen LogP contribution in [-0.4, -0.2) is 34.7 Å². The summed E-state index contributed by atoms with van der Waals surface area (Å²) >= 11 is 5.85. The number of benzene rings is 2. The van der Waals surface area contributed by atoms with Crippen LogP contribution in [0, 0.1) is 0 Å². The third-order valence-electron chi connectivity index (χ3n) is 4.02. The van der Waals surface area contributed by atoms with E-state index in [4.69, 9.17) is 26.5 Å². The highest BCUT2D eigenvalue weighted by atomic mass is 35.5. The molecule has 0 aliphatic rings. The molecule has 0 unspecified atom stereocenters. The molecule has 1 heterocycles. The number of amides is 3. The van der Waals surface area contributed by atoms with E-state index in [1.807, 2.05) is 18.2 Å². The molecule has 4 N–H and O–H groups in total. The molecule has 3 rings (SSSR count). The standard InChI is InChI=1S/C20H18ClN5O5/c21-14-8-6-12(7-9-14)15(23-19(22)29)10-17(28)30-11-16(27)24-20-26-25-18(31-20)13-4-2-1-3-5-13/h1-9,15H,10-11H2,(H3,22,23,29)(H,24,26,27)/t15-/m1/s1. The van der Waals surface area contributed by atoms with E-state index < -0.39 is 30.6 Å². The molecular weight excluding hydrogens is 426 g/mol. The van der Waals surface area contributed by atoms with Gasteiger partial charge in [-0.05, 0) is 29.8 Å². The number of halogens is 1. The molecule has 0 saturated carbocycles. The first-order valence-corrected chi connectivity index (χ1v) is 9.44. The van der Waals surface area contributed by atoms with Crippen molar-refractivity contribution in [3.8, 4) is 11.5 Å². The highest BCUT2D eigenvalue weighted by Gasteiger charge is 2.20. The van der Waals surface area contributed by atoms with Crippen molar-refractivity contribution in [1.29, 1.82) is 0 Å². The molecule has 0 fully saturated rings. The smallest absolute Gasteiger partial charge is 0.322 e. The second kappa shape index (κ2) is 10.2. The Morgan fingerprint density at radius 2 is 1.77 bits per heavy atom. The van der Waals surface area contributed by atoms with Gasteiger partial charge >= 0.3 is 18.0 Å².